The summed E-state index contributed by atoms with van der Waals surface area (Å²) < 4.78 is 5.16. The van der Waals surface area contributed by atoms with E-state index >= 15 is 0 Å². The van der Waals surface area contributed by atoms with E-state index < -0.39 is 0 Å². The zero-order chi connectivity index (χ0) is 8.97. The third-order valence-electron chi connectivity index (χ3n) is 2.08. The lowest BCUT2D eigenvalue weighted by molar-refractivity contribution is 0.414. The number of aryl methyl sites for hydroxylation is 2. The molecule has 0 heterocycles. The molecular formula is C11H16O. The van der Waals surface area contributed by atoms with Crippen LogP contribution in [0, 0.1) is 6.92 Å². The van der Waals surface area contributed by atoms with Gasteiger partial charge in [-0.15, -0.1) is 0 Å². The number of ether oxygens (including phenoxy) is 1. The Labute approximate surface area is 74.4 Å². The molecule has 0 spiro atoms. The minimum Gasteiger partial charge on any atom is -0.497 e. The van der Waals surface area contributed by atoms with Crippen LogP contribution < -0.4 is 4.74 Å². The van der Waals surface area contributed by atoms with Gasteiger partial charge in [0, 0.05) is 0 Å². The molecule has 0 aliphatic rings. The first kappa shape index (κ1) is 9.11. The van der Waals surface area contributed by atoms with Gasteiger partial charge in [-0.3, -0.25) is 0 Å². The smallest absolute Gasteiger partial charge is 0.119 e. The summed E-state index contributed by atoms with van der Waals surface area (Å²) in [6.45, 7) is 4.34. The van der Waals surface area contributed by atoms with Crippen LogP contribution in [0.1, 0.15) is 24.5 Å². The predicted octanol–water partition coefficient (Wildman–Crippen LogP) is 2.96. The number of hydrogen-bond acceptors (Lipinski definition) is 1. The van der Waals surface area contributed by atoms with Crippen LogP contribution in [-0.4, -0.2) is 7.11 Å². The molecule has 0 radical (unpaired) electrons. The van der Waals surface area contributed by atoms with Crippen molar-refractivity contribution >= 4 is 0 Å². The molecule has 66 valence electrons. The van der Waals surface area contributed by atoms with E-state index in [-0.39, 0.29) is 0 Å². The summed E-state index contributed by atoms with van der Waals surface area (Å²) >= 11 is 0. The standard InChI is InChI=1S/C11H16O/c1-4-5-10-8-11(12-3)7-6-9(10)2/h6-8H,4-5H2,1-3H3. The quantitative estimate of drug-likeness (QED) is 0.667. The average molecular weight is 164 g/mol. The van der Waals surface area contributed by atoms with E-state index in [0.29, 0.717) is 0 Å². The molecule has 1 aromatic carbocycles. The molecule has 0 unspecified atom stereocenters. The van der Waals surface area contributed by atoms with Gasteiger partial charge in [0.15, 0.2) is 0 Å². The van der Waals surface area contributed by atoms with Crippen molar-refractivity contribution in [3.63, 3.8) is 0 Å². The van der Waals surface area contributed by atoms with Gasteiger partial charge in [-0.25, -0.2) is 0 Å². The molecule has 0 atom stereocenters. The highest BCUT2D eigenvalue weighted by Crippen LogP contribution is 2.17. The van der Waals surface area contributed by atoms with Crippen molar-refractivity contribution in [2.45, 2.75) is 26.7 Å². The van der Waals surface area contributed by atoms with Gasteiger partial charge < -0.3 is 4.74 Å². The van der Waals surface area contributed by atoms with Crippen molar-refractivity contribution in [3.05, 3.63) is 29.3 Å². The molecule has 0 aliphatic heterocycles. The fourth-order valence-electron chi connectivity index (χ4n) is 1.31. The molecule has 0 bridgehead atoms. The molecule has 12 heavy (non-hydrogen) atoms. The van der Waals surface area contributed by atoms with E-state index in [1.807, 2.05) is 6.07 Å². The Bertz CT molecular complexity index is 253. The zero-order valence-corrected chi connectivity index (χ0v) is 8.05. The first-order valence-corrected chi connectivity index (χ1v) is 4.41. The van der Waals surface area contributed by atoms with Crippen LogP contribution >= 0.6 is 0 Å². The van der Waals surface area contributed by atoms with Crippen molar-refractivity contribution in [2.24, 2.45) is 0 Å². The first-order valence-electron chi connectivity index (χ1n) is 4.41. The summed E-state index contributed by atoms with van der Waals surface area (Å²) in [4.78, 5) is 0. The molecule has 1 heteroatoms. The normalized spacial score (nSPS) is 9.92. The van der Waals surface area contributed by atoms with Crippen LogP contribution in [0.3, 0.4) is 0 Å². The maximum absolute atomic E-state index is 5.16. The summed E-state index contributed by atoms with van der Waals surface area (Å²) in [7, 11) is 1.71. The minimum atomic E-state index is 0.962. The van der Waals surface area contributed by atoms with E-state index in [0.717, 1.165) is 12.2 Å². The van der Waals surface area contributed by atoms with Gasteiger partial charge in [-0.2, -0.15) is 0 Å². The highest BCUT2D eigenvalue weighted by atomic mass is 16.5. The van der Waals surface area contributed by atoms with Crippen LogP contribution in [0.25, 0.3) is 0 Å². The van der Waals surface area contributed by atoms with E-state index in [4.69, 9.17) is 4.74 Å². The lowest BCUT2D eigenvalue weighted by Gasteiger charge is -2.06. The van der Waals surface area contributed by atoms with Crippen molar-refractivity contribution in [1.82, 2.24) is 0 Å². The summed E-state index contributed by atoms with van der Waals surface area (Å²) in [5.41, 5.74) is 2.76. The minimum absolute atomic E-state index is 0.962. The molecule has 0 amide bonds. The molecular weight excluding hydrogens is 148 g/mol. The number of hydrogen-bond donors (Lipinski definition) is 0. The number of methoxy groups -OCH3 is 1. The molecule has 1 nitrogen and oxygen atoms in total. The van der Waals surface area contributed by atoms with Crippen LogP contribution in [0.15, 0.2) is 18.2 Å². The van der Waals surface area contributed by atoms with E-state index in [2.05, 4.69) is 26.0 Å². The summed E-state index contributed by atoms with van der Waals surface area (Å²) in [6, 6.07) is 6.25. The van der Waals surface area contributed by atoms with E-state index in [1.54, 1.807) is 7.11 Å². The monoisotopic (exact) mass is 164 g/mol. The maximum atomic E-state index is 5.16. The third-order valence-corrected chi connectivity index (χ3v) is 2.08. The average Bonchev–Trinajstić information content (AvgIpc) is 2.09. The van der Waals surface area contributed by atoms with Crippen LogP contribution in [0.4, 0.5) is 0 Å². The summed E-state index contributed by atoms with van der Waals surface area (Å²) in [5, 5.41) is 0. The molecule has 0 aromatic heterocycles. The Hall–Kier alpha value is -0.980. The van der Waals surface area contributed by atoms with Gasteiger partial charge in [-0.05, 0) is 36.6 Å². The van der Waals surface area contributed by atoms with Crippen LogP contribution in [-0.2, 0) is 6.42 Å². The van der Waals surface area contributed by atoms with Crippen molar-refractivity contribution in [3.8, 4) is 5.75 Å². The Morgan fingerprint density at radius 3 is 2.67 bits per heavy atom. The fraction of sp³-hybridized carbons (Fsp3) is 0.455. The predicted molar refractivity (Wildman–Crippen MR) is 51.7 cm³/mol. The summed E-state index contributed by atoms with van der Waals surface area (Å²) in [6.07, 6.45) is 2.33. The van der Waals surface area contributed by atoms with Crippen LogP contribution in [0.2, 0.25) is 0 Å². The second-order valence-corrected chi connectivity index (χ2v) is 3.04. The van der Waals surface area contributed by atoms with Gasteiger partial charge in [-0.1, -0.05) is 19.4 Å². The molecule has 0 saturated carbocycles. The second-order valence-electron chi connectivity index (χ2n) is 3.04. The maximum Gasteiger partial charge on any atom is 0.119 e. The molecule has 1 rings (SSSR count). The highest BCUT2D eigenvalue weighted by molar-refractivity contribution is 5.34. The van der Waals surface area contributed by atoms with Gasteiger partial charge in [0.25, 0.3) is 0 Å². The lowest BCUT2D eigenvalue weighted by Crippen LogP contribution is -1.90. The molecule has 0 fully saturated rings. The van der Waals surface area contributed by atoms with Gasteiger partial charge in [0.1, 0.15) is 5.75 Å². The third kappa shape index (κ3) is 2.00. The van der Waals surface area contributed by atoms with Gasteiger partial charge >= 0.3 is 0 Å². The van der Waals surface area contributed by atoms with E-state index in [9.17, 15) is 0 Å². The van der Waals surface area contributed by atoms with Crippen molar-refractivity contribution in [2.75, 3.05) is 7.11 Å². The summed E-state index contributed by atoms with van der Waals surface area (Å²) in [5.74, 6) is 0.962. The van der Waals surface area contributed by atoms with Crippen LogP contribution in [0.5, 0.6) is 5.75 Å². The fourth-order valence-corrected chi connectivity index (χ4v) is 1.31. The Kier molecular flexibility index (Phi) is 3.15. The largest absolute Gasteiger partial charge is 0.497 e. The molecule has 1 aromatic rings. The van der Waals surface area contributed by atoms with E-state index in [1.165, 1.54) is 17.5 Å². The molecule has 0 saturated heterocycles. The number of benzene rings is 1. The van der Waals surface area contributed by atoms with Gasteiger partial charge in [0.2, 0.25) is 0 Å². The number of rotatable bonds is 3. The highest BCUT2D eigenvalue weighted by Gasteiger charge is 1.98. The van der Waals surface area contributed by atoms with Crippen molar-refractivity contribution in [1.29, 1.82) is 0 Å². The first-order chi connectivity index (χ1) is 5.77. The SMILES string of the molecule is CCCc1cc(OC)ccc1C. The molecule has 0 aliphatic carbocycles. The Morgan fingerprint density at radius 1 is 1.33 bits per heavy atom. The topological polar surface area (TPSA) is 9.23 Å². The Balaban J connectivity index is 2.91. The Morgan fingerprint density at radius 2 is 2.08 bits per heavy atom. The lowest BCUT2D eigenvalue weighted by atomic mass is 10.0. The second kappa shape index (κ2) is 4.15. The molecule has 0 N–H and O–H groups in total. The van der Waals surface area contributed by atoms with Crippen molar-refractivity contribution < 1.29 is 4.74 Å². The van der Waals surface area contributed by atoms with Gasteiger partial charge in [0.05, 0.1) is 7.11 Å². The zero-order valence-electron chi connectivity index (χ0n) is 8.05.